The molecule has 0 bridgehead atoms. The number of rotatable bonds is 4. The molecule has 3 aromatic rings. The molecule has 124 valence electrons. The Bertz CT molecular complexity index is 1080. The maximum absolute atomic E-state index is 13.8. The first-order chi connectivity index (χ1) is 11.4. The Morgan fingerprint density at radius 3 is 2.38 bits per heavy atom. The molecule has 8 heteroatoms. The number of fused-ring (bicyclic) bond motifs is 1. The molecule has 0 radical (unpaired) electrons. The summed E-state index contributed by atoms with van der Waals surface area (Å²) < 4.78 is 45.9. The molecule has 0 saturated heterocycles. The van der Waals surface area contributed by atoms with Gasteiger partial charge in [0.05, 0.1) is 5.69 Å². The van der Waals surface area contributed by atoms with Crippen LogP contribution in [0.15, 0.2) is 62.6 Å². The highest BCUT2D eigenvalue weighted by Gasteiger charge is 2.23. The van der Waals surface area contributed by atoms with Crippen molar-refractivity contribution in [2.24, 2.45) is 0 Å². The van der Waals surface area contributed by atoms with Crippen molar-refractivity contribution in [2.45, 2.75) is 4.90 Å². The van der Waals surface area contributed by atoms with E-state index in [1.165, 1.54) is 12.1 Å². The van der Waals surface area contributed by atoms with Crippen LogP contribution in [0.2, 0.25) is 0 Å². The lowest BCUT2D eigenvalue weighted by atomic mass is 10.2. The normalized spacial score (nSPS) is 11.4. The van der Waals surface area contributed by atoms with Gasteiger partial charge in [-0.15, -0.1) is 0 Å². The smallest absolute Gasteiger partial charge is 0.363 e. The van der Waals surface area contributed by atoms with E-state index in [0.29, 0.717) is 11.0 Å². The van der Waals surface area contributed by atoms with Gasteiger partial charge in [0, 0.05) is 12.4 Å². The average Bonchev–Trinajstić information content (AvgIpc) is 2.55. The van der Waals surface area contributed by atoms with Crippen LogP contribution < -0.4 is 15.7 Å². The largest absolute Gasteiger partial charge is 0.421 e. The number of anilines is 2. The zero-order valence-corrected chi connectivity index (χ0v) is 13.4. The summed E-state index contributed by atoms with van der Waals surface area (Å²) in [5.41, 5.74) is -0.625. The first kappa shape index (κ1) is 16.0. The minimum absolute atomic E-state index is 0.252. The van der Waals surface area contributed by atoms with Gasteiger partial charge in [-0.2, -0.15) is 0 Å². The Morgan fingerprint density at radius 1 is 1.00 bits per heavy atom. The molecule has 0 spiro atoms. The second-order valence-electron chi connectivity index (χ2n) is 4.92. The van der Waals surface area contributed by atoms with Gasteiger partial charge in [0.15, 0.2) is 5.69 Å². The van der Waals surface area contributed by atoms with E-state index >= 15 is 0 Å². The van der Waals surface area contributed by atoms with Crippen molar-refractivity contribution >= 4 is 32.4 Å². The molecular weight excluding hydrogens is 335 g/mol. The SMILES string of the molecule is CNc1c(NS(=O)(=O)c2ccccc2F)c(=O)oc2ccccc12. The summed E-state index contributed by atoms with van der Waals surface area (Å²) in [7, 11) is -2.75. The van der Waals surface area contributed by atoms with Gasteiger partial charge >= 0.3 is 5.63 Å². The van der Waals surface area contributed by atoms with Crippen LogP contribution in [0, 0.1) is 5.82 Å². The van der Waals surface area contributed by atoms with Crippen molar-refractivity contribution in [3.63, 3.8) is 0 Å². The van der Waals surface area contributed by atoms with E-state index in [4.69, 9.17) is 4.42 Å². The number of sulfonamides is 1. The number of nitrogens with one attached hydrogen (secondary N) is 2. The van der Waals surface area contributed by atoms with Crippen LogP contribution in [-0.2, 0) is 10.0 Å². The first-order valence-electron chi connectivity index (χ1n) is 6.95. The Morgan fingerprint density at radius 2 is 1.67 bits per heavy atom. The molecule has 0 fully saturated rings. The highest BCUT2D eigenvalue weighted by atomic mass is 32.2. The summed E-state index contributed by atoms with van der Waals surface area (Å²) in [6.07, 6.45) is 0. The molecule has 0 saturated carbocycles. The van der Waals surface area contributed by atoms with Gasteiger partial charge in [0.25, 0.3) is 10.0 Å². The molecule has 0 amide bonds. The van der Waals surface area contributed by atoms with E-state index in [1.807, 2.05) is 0 Å². The number of benzene rings is 2. The maximum atomic E-state index is 13.8. The van der Waals surface area contributed by atoms with Gasteiger partial charge in [0.1, 0.15) is 16.3 Å². The summed E-state index contributed by atoms with van der Waals surface area (Å²) in [4.78, 5) is 11.6. The van der Waals surface area contributed by atoms with Crippen LogP contribution in [0.4, 0.5) is 15.8 Å². The van der Waals surface area contributed by atoms with Crippen LogP contribution in [0.1, 0.15) is 0 Å². The van der Waals surface area contributed by atoms with E-state index in [9.17, 15) is 17.6 Å². The maximum Gasteiger partial charge on any atom is 0.363 e. The van der Waals surface area contributed by atoms with E-state index in [0.717, 1.165) is 12.1 Å². The second kappa shape index (κ2) is 5.97. The Balaban J connectivity index is 2.19. The van der Waals surface area contributed by atoms with Gasteiger partial charge in [-0.1, -0.05) is 24.3 Å². The molecule has 1 aromatic heterocycles. The minimum Gasteiger partial charge on any atom is -0.421 e. The van der Waals surface area contributed by atoms with E-state index in [2.05, 4.69) is 10.0 Å². The molecule has 0 aliphatic heterocycles. The molecule has 0 atom stereocenters. The second-order valence-corrected chi connectivity index (χ2v) is 6.57. The third-order valence-electron chi connectivity index (χ3n) is 3.43. The van der Waals surface area contributed by atoms with Gasteiger partial charge in [0.2, 0.25) is 0 Å². The van der Waals surface area contributed by atoms with Gasteiger partial charge < -0.3 is 9.73 Å². The van der Waals surface area contributed by atoms with Crippen LogP contribution in [0.5, 0.6) is 0 Å². The molecule has 6 nitrogen and oxygen atoms in total. The minimum atomic E-state index is -4.29. The number of para-hydroxylation sites is 1. The predicted molar refractivity (Wildman–Crippen MR) is 89.2 cm³/mol. The molecule has 2 aromatic carbocycles. The average molecular weight is 348 g/mol. The fourth-order valence-corrected chi connectivity index (χ4v) is 3.50. The number of halogens is 1. The summed E-state index contributed by atoms with van der Waals surface area (Å²) >= 11 is 0. The molecule has 2 N–H and O–H groups in total. The van der Waals surface area contributed by atoms with Crippen molar-refractivity contribution in [2.75, 3.05) is 17.1 Å². The Hall–Kier alpha value is -2.87. The highest BCUT2D eigenvalue weighted by molar-refractivity contribution is 7.92. The zero-order chi connectivity index (χ0) is 17.3. The first-order valence-corrected chi connectivity index (χ1v) is 8.43. The monoisotopic (exact) mass is 348 g/mol. The summed E-state index contributed by atoms with van der Waals surface area (Å²) in [6, 6.07) is 11.6. The highest BCUT2D eigenvalue weighted by Crippen LogP contribution is 2.29. The van der Waals surface area contributed by atoms with Crippen molar-refractivity contribution in [1.82, 2.24) is 0 Å². The quantitative estimate of drug-likeness (QED) is 0.708. The summed E-state index contributed by atoms with van der Waals surface area (Å²) in [6.45, 7) is 0. The number of hydrogen-bond acceptors (Lipinski definition) is 5. The molecule has 3 rings (SSSR count). The molecule has 24 heavy (non-hydrogen) atoms. The lowest BCUT2D eigenvalue weighted by Gasteiger charge is -2.13. The molecule has 0 aliphatic rings. The van der Waals surface area contributed by atoms with Gasteiger partial charge in [-0.3, -0.25) is 4.72 Å². The Labute approximate surface area is 137 Å². The van der Waals surface area contributed by atoms with Crippen molar-refractivity contribution in [3.05, 3.63) is 64.8 Å². The molecule has 0 unspecified atom stereocenters. The predicted octanol–water partition coefficient (Wildman–Crippen LogP) is 2.77. The van der Waals surface area contributed by atoms with Crippen molar-refractivity contribution in [3.8, 4) is 0 Å². The summed E-state index contributed by atoms with van der Waals surface area (Å²) in [5.74, 6) is -0.916. The van der Waals surface area contributed by atoms with Crippen LogP contribution >= 0.6 is 0 Å². The topological polar surface area (TPSA) is 88.4 Å². The zero-order valence-electron chi connectivity index (χ0n) is 12.5. The van der Waals surface area contributed by atoms with Crippen molar-refractivity contribution in [1.29, 1.82) is 0 Å². The van der Waals surface area contributed by atoms with Crippen LogP contribution in [-0.4, -0.2) is 15.5 Å². The third kappa shape index (κ3) is 2.71. The lowest BCUT2D eigenvalue weighted by molar-refractivity contribution is 0.560. The third-order valence-corrected chi connectivity index (χ3v) is 4.81. The fraction of sp³-hybridized carbons (Fsp3) is 0.0625. The van der Waals surface area contributed by atoms with Crippen molar-refractivity contribution < 1.29 is 17.2 Å². The standard InChI is InChI=1S/C16H13FN2O4S/c1-18-14-10-6-2-4-8-12(10)23-16(20)15(14)19-24(21,22)13-9-5-3-7-11(13)17/h2-9,18-19H,1H3. The summed E-state index contributed by atoms with van der Waals surface area (Å²) in [5, 5.41) is 3.31. The van der Waals surface area contributed by atoms with E-state index in [1.54, 1.807) is 31.3 Å². The molecular formula is C16H13FN2O4S. The van der Waals surface area contributed by atoms with Gasteiger partial charge in [-0.25, -0.2) is 17.6 Å². The van der Waals surface area contributed by atoms with Gasteiger partial charge in [-0.05, 0) is 24.3 Å². The van der Waals surface area contributed by atoms with E-state index in [-0.39, 0.29) is 11.4 Å². The Kier molecular flexibility index (Phi) is 3.98. The van der Waals surface area contributed by atoms with E-state index < -0.39 is 26.4 Å². The molecule has 1 heterocycles. The van der Waals surface area contributed by atoms with Crippen LogP contribution in [0.3, 0.4) is 0 Å². The fourth-order valence-electron chi connectivity index (χ4n) is 2.35. The lowest BCUT2D eigenvalue weighted by Crippen LogP contribution is -2.21. The molecule has 0 aliphatic carbocycles. The van der Waals surface area contributed by atoms with Crippen LogP contribution in [0.25, 0.3) is 11.0 Å². The number of hydrogen-bond donors (Lipinski definition) is 2.